The van der Waals surface area contributed by atoms with Gasteiger partial charge in [0, 0.05) is 17.9 Å². The summed E-state index contributed by atoms with van der Waals surface area (Å²) in [6.45, 7) is 2.51. The molecule has 0 amide bonds. The van der Waals surface area contributed by atoms with Crippen molar-refractivity contribution in [3.8, 4) is 0 Å². The van der Waals surface area contributed by atoms with E-state index in [-0.39, 0.29) is 0 Å². The third kappa shape index (κ3) is 4.20. The predicted molar refractivity (Wildman–Crippen MR) is 63.6 cm³/mol. The van der Waals surface area contributed by atoms with Gasteiger partial charge in [-0.2, -0.15) is 11.8 Å². The highest BCUT2D eigenvalue weighted by molar-refractivity contribution is 7.99. The molecule has 3 atom stereocenters. The number of rotatable bonds is 6. The molecule has 0 bridgehead atoms. The molecule has 0 heterocycles. The molecule has 1 saturated carbocycles. The zero-order chi connectivity index (χ0) is 10.4. The van der Waals surface area contributed by atoms with Crippen molar-refractivity contribution >= 4 is 11.8 Å². The predicted octanol–water partition coefficient (Wildman–Crippen LogP) is 2.01. The summed E-state index contributed by atoms with van der Waals surface area (Å²) >= 11 is 1.97. The zero-order valence-electron chi connectivity index (χ0n) is 9.11. The summed E-state index contributed by atoms with van der Waals surface area (Å²) < 4.78 is 0. The summed E-state index contributed by atoms with van der Waals surface area (Å²) in [5.41, 5.74) is 6.01. The van der Waals surface area contributed by atoms with Crippen LogP contribution in [-0.4, -0.2) is 28.8 Å². The molecule has 1 fully saturated rings. The second-order valence-electron chi connectivity index (χ2n) is 4.34. The molecule has 0 aromatic rings. The Hall–Kier alpha value is 0.270. The number of aliphatic hydroxyl groups is 1. The Kier molecular flexibility index (Phi) is 5.90. The Balaban J connectivity index is 2.03. The van der Waals surface area contributed by atoms with E-state index in [2.05, 4.69) is 6.92 Å². The largest absolute Gasteiger partial charge is 0.396 e. The molecule has 1 aliphatic carbocycles. The lowest BCUT2D eigenvalue weighted by molar-refractivity contribution is 0.289. The van der Waals surface area contributed by atoms with E-state index in [4.69, 9.17) is 10.8 Å². The van der Waals surface area contributed by atoms with Gasteiger partial charge >= 0.3 is 0 Å². The maximum atomic E-state index is 8.76. The molecule has 0 aliphatic heterocycles. The molecule has 2 nitrogen and oxygen atoms in total. The average Bonchev–Trinajstić information content (AvgIpc) is 2.52. The first-order valence-electron chi connectivity index (χ1n) is 5.72. The van der Waals surface area contributed by atoms with Gasteiger partial charge in [0.25, 0.3) is 0 Å². The van der Waals surface area contributed by atoms with Crippen molar-refractivity contribution in [1.29, 1.82) is 0 Å². The quantitative estimate of drug-likeness (QED) is 0.715. The molecule has 1 aliphatic rings. The fourth-order valence-electron chi connectivity index (χ4n) is 2.11. The minimum Gasteiger partial charge on any atom is -0.396 e. The lowest BCUT2D eigenvalue weighted by atomic mass is 10.0. The van der Waals surface area contributed by atoms with Crippen molar-refractivity contribution in [2.75, 3.05) is 12.4 Å². The van der Waals surface area contributed by atoms with E-state index < -0.39 is 0 Å². The molecule has 3 N–H and O–H groups in total. The number of hydrogen-bond donors (Lipinski definition) is 2. The van der Waals surface area contributed by atoms with Crippen LogP contribution in [0, 0.1) is 5.92 Å². The Bertz CT molecular complexity index is 154. The van der Waals surface area contributed by atoms with Gasteiger partial charge in [0.05, 0.1) is 0 Å². The van der Waals surface area contributed by atoms with Crippen molar-refractivity contribution < 1.29 is 5.11 Å². The van der Waals surface area contributed by atoms with Crippen LogP contribution < -0.4 is 5.73 Å². The van der Waals surface area contributed by atoms with Crippen LogP contribution in [0.5, 0.6) is 0 Å². The van der Waals surface area contributed by atoms with Crippen LogP contribution in [0.15, 0.2) is 0 Å². The first kappa shape index (κ1) is 12.3. The molecular weight excluding hydrogens is 194 g/mol. The summed E-state index contributed by atoms with van der Waals surface area (Å²) in [4.78, 5) is 0. The molecule has 0 radical (unpaired) electrons. The lowest BCUT2D eigenvalue weighted by Crippen LogP contribution is -2.24. The highest BCUT2D eigenvalue weighted by atomic mass is 32.2. The molecule has 84 valence electrons. The monoisotopic (exact) mass is 217 g/mol. The number of thioether (sulfide) groups is 1. The van der Waals surface area contributed by atoms with Crippen molar-refractivity contribution in [3.63, 3.8) is 0 Å². The molecule has 0 spiro atoms. The third-order valence-corrected chi connectivity index (χ3v) is 4.42. The van der Waals surface area contributed by atoms with Gasteiger partial charge in [0.1, 0.15) is 0 Å². The van der Waals surface area contributed by atoms with E-state index in [1.54, 1.807) is 0 Å². The van der Waals surface area contributed by atoms with Gasteiger partial charge in [0.15, 0.2) is 0 Å². The van der Waals surface area contributed by atoms with E-state index >= 15 is 0 Å². The fraction of sp³-hybridized carbons (Fsp3) is 1.00. The Labute approximate surface area is 91.6 Å². The minimum absolute atomic E-state index is 0.317. The average molecular weight is 217 g/mol. The summed E-state index contributed by atoms with van der Waals surface area (Å²) in [6.07, 6.45) is 6.06. The molecule has 0 aromatic heterocycles. The van der Waals surface area contributed by atoms with Crippen LogP contribution in [0.1, 0.15) is 39.0 Å². The molecule has 1 rings (SSSR count). The van der Waals surface area contributed by atoms with E-state index in [1.165, 1.54) is 31.4 Å². The summed E-state index contributed by atoms with van der Waals surface area (Å²) in [6, 6.07) is 0.462. The van der Waals surface area contributed by atoms with Gasteiger partial charge in [-0.15, -0.1) is 0 Å². The van der Waals surface area contributed by atoms with Crippen LogP contribution >= 0.6 is 11.8 Å². The van der Waals surface area contributed by atoms with E-state index in [0.717, 1.165) is 12.3 Å². The molecule has 3 heteroatoms. The van der Waals surface area contributed by atoms with E-state index in [1.807, 2.05) is 11.8 Å². The lowest BCUT2D eigenvalue weighted by Gasteiger charge is -2.16. The van der Waals surface area contributed by atoms with Gasteiger partial charge < -0.3 is 10.8 Å². The number of aliphatic hydroxyl groups excluding tert-OH is 1. The Morgan fingerprint density at radius 3 is 2.86 bits per heavy atom. The smallest absolute Gasteiger partial charge is 0.0441 e. The van der Waals surface area contributed by atoms with Crippen LogP contribution in [0.2, 0.25) is 0 Å². The molecular formula is C11H23NOS. The Morgan fingerprint density at radius 1 is 1.50 bits per heavy atom. The summed E-state index contributed by atoms with van der Waals surface area (Å²) in [5.74, 6) is 1.98. The normalized spacial score (nSPS) is 29.4. The third-order valence-electron chi connectivity index (χ3n) is 3.14. The first-order chi connectivity index (χ1) is 6.74. The second kappa shape index (κ2) is 6.70. The van der Waals surface area contributed by atoms with Crippen molar-refractivity contribution in [2.24, 2.45) is 11.7 Å². The number of nitrogens with two attached hydrogens (primary N) is 1. The van der Waals surface area contributed by atoms with Crippen LogP contribution in [0.25, 0.3) is 0 Å². The number of hydrogen-bond acceptors (Lipinski definition) is 3. The minimum atomic E-state index is 0.317. The van der Waals surface area contributed by atoms with Crippen LogP contribution in [0.4, 0.5) is 0 Å². The van der Waals surface area contributed by atoms with Crippen molar-refractivity contribution in [1.82, 2.24) is 0 Å². The van der Waals surface area contributed by atoms with Gasteiger partial charge in [-0.05, 0) is 37.4 Å². The second-order valence-corrected chi connectivity index (χ2v) is 5.88. The Morgan fingerprint density at radius 2 is 2.29 bits per heavy atom. The van der Waals surface area contributed by atoms with Crippen molar-refractivity contribution in [3.05, 3.63) is 0 Å². The summed E-state index contributed by atoms with van der Waals surface area (Å²) in [5, 5.41) is 9.35. The van der Waals surface area contributed by atoms with Crippen LogP contribution in [0.3, 0.4) is 0 Å². The van der Waals surface area contributed by atoms with E-state index in [9.17, 15) is 0 Å². The summed E-state index contributed by atoms with van der Waals surface area (Å²) in [7, 11) is 0. The molecule has 14 heavy (non-hydrogen) atoms. The zero-order valence-corrected chi connectivity index (χ0v) is 9.93. The van der Waals surface area contributed by atoms with E-state index in [0.29, 0.717) is 17.9 Å². The van der Waals surface area contributed by atoms with Gasteiger partial charge in [-0.1, -0.05) is 13.3 Å². The molecule has 0 saturated heterocycles. The van der Waals surface area contributed by atoms with Crippen LogP contribution in [-0.2, 0) is 0 Å². The topological polar surface area (TPSA) is 46.2 Å². The first-order valence-corrected chi connectivity index (χ1v) is 6.77. The molecule has 3 unspecified atom stereocenters. The van der Waals surface area contributed by atoms with Gasteiger partial charge in [-0.25, -0.2) is 0 Å². The SMILES string of the molecule is CC(CCO)SCCC1CCCC1N. The molecule has 0 aromatic carbocycles. The van der Waals surface area contributed by atoms with Gasteiger partial charge in [-0.3, -0.25) is 0 Å². The highest BCUT2D eigenvalue weighted by Gasteiger charge is 2.23. The maximum Gasteiger partial charge on any atom is 0.0441 e. The standard InChI is InChI=1S/C11H23NOS/c1-9(5-7-13)14-8-6-10-3-2-4-11(10)12/h9-11,13H,2-8,12H2,1H3. The fourth-order valence-corrected chi connectivity index (χ4v) is 3.22. The van der Waals surface area contributed by atoms with Crippen molar-refractivity contribution in [2.45, 2.75) is 50.3 Å². The van der Waals surface area contributed by atoms with Gasteiger partial charge in [0.2, 0.25) is 0 Å². The highest BCUT2D eigenvalue weighted by Crippen LogP contribution is 2.28. The maximum absolute atomic E-state index is 8.76.